The molecule has 3 rings (SSSR count). The minimum absolute atomic E-state index is 0.331. The van der Waals surface area contributed by atoms with Crippen LogP contribution in [0.1, 0.15) is 24.1 Å². The lowest BCUT2D eigenvalue weighted by Crippen LogP contribution is -2.48. The number of anilines is 1. The Bertz CT molecular complexity index is 896. The van der Waals surface area contributed by atoms with Crippen LogP contribution in [0.2, 0.25) is 0 Å². The maximum atomic E-state index is 14.1. The number of halogens is 1. The summed E-state index contributed by atoms with van der Waals surface area (Å²) < 4.78 is 19.0. The van der Waals surface area contributed by atoms with E-state index in [1.807, 2.05) is 30.3 Å². The number of methoxy groups -OCH3 is 1. The van der Waals surface area contributed by atoms with E-state index in [-0.39, 0.29) is 5.82 Å². The number of carbonyl (C=O) groups is 1. The topological polar surface area (TPSA) is 41.6 Å². The van der Waals surface area contributed by atoms with Gasteiger partial charge in [0.1, 0.15) is 5.82 Å². The quantitative estimate of drug-likeness (QED) is 0.653. The fraction of sp³-hybridized carbons (Fsp3) is 0.200. The maximum Gasteiger partial charge on any atom is 0.337 e. The van der Waals surface area contributed by atoms with Crippen molar-refractivity contribution in [3.05, 3.63) is 76.7 Å². The van der Waals surface area contributed by atoms with Gasteiger partial charge in [0, 0.05) is 5.70 Å². The lowest BCUT2D eigenvalue weighted by Gasteiger charge is -2.37. The van der Waals surface area contributed by atoms with Gasteiger partial charge in [0.2, 0.25) is 0 Å². The number of hydrogen-bond acceptors (Lipinski definition) is 3. The number of thiocarbonyl (C=S) groups is 1. The molecule has 0 aromatic heterocycles. The first-order chi connectivity index (χ1) is 12.4. The van der Waals surface area contributed by atoms with Crippen LogP contribution in [0.25, 0.3) is 0 Å². The number of aryl methyl sites for hydroxylation is 1. The van der Waals surface area contributed by atoms with Crippen LogP contribution < -0.4 is 10.2 Å². The Labute approximate surface area is 157 Å². The molecule has 1 heterocycles. The standard InChI is InChI=1S/C20H19FN2O2S/c1-12-9-10-15(11-16(12)21)23-13(2)17(19(24)25-3)18(22-20(23)26)14-7-5-4-6-8-14/h4-11,18H,1-3H3,(H,22,26)/t18-/m0/s1. The Hall–Kier alpha value is -2.73. The lowest BCUT2D eigenvalue weighted by atomic mass is 9.95. The summed E-state index contributed by atoms with van der Waals surface area (Å²) in [6.07, 6.45) is 0. The first-order valence-corrected chi connectivity index (χ1v) is 8.55. The van der Waals surface area contributed by atoms with E-state index in [1.54, 1.807) is 30.9 Å². The molecule has 0 unspecified atom stereocenters. The van der Waals surface area contributed by atoms with Gasteiger partial charge in [0.05, 0.1) is 24.4 Å². The van der Waals surface area contributed by atoms with E-state index < -0.39 is 12.0 Å². The van der Waals surface area contributed by atoms with Crippen LogP contribution in [-0.2, 0) is 9.53 Å². The number of hydrogen-bond donors (Lipinski definition) is 1. The molecule has 0 saturated carbocycles. The Kier molecular flexibility index (Phi) is 5.04. The molecular formula is C20H19FN2O2S. The first kappa shape index (κ1) is 18.1. The summed E-state index contributed by atoms with van der Waals surface area (Å²) in [5, 5.41) is 3.58. The van der Waals surface area contributed by atoms with Gasteiger partial charge in [-0.2, -0.15) is 0 Å². The summed E-state index contributed by atoms with van der Waals surface area (Å²) in [7, 11) is 1.34. The highest BCUT2D eigenvalue weighted by molar-refractivity contribution is 7.80. The SMILES string of the molecule is COC(=O)C1=C(C)N(c2ccc(C)c(F)c2)C(=S)N[C@H]1c1ccccc1. The normalized spacial score (nSPS) is 17.2. The van der Waals surface area contributed by atoms with E-state index in [9.17, 15) is 9.18 Å². The second kappa shape index (κ2) is 7.25. The third-order valence-corrected chi connectivity index (χ3v) is 4.74. The minimum atomic E-state index is -0.455. The zero-order valence-corrected chi connectivity index (χ0v) is 15.6. The number of rotatable bonds is 3. The molecule has 134 valence electrons. The third-order valence-electron chi connectivity index (χ3n) is 4.44. The summed E-state index contributed by atoms with van der Waals surface area (Å²) in [6.45, 7) is 3.48. The Morgan fingerprint density at radius 3 is 2.50 bits per heavy atom. The van der Waals surface area contributed by atoms with E-state index in [1.165, 1.54) is 13.2 Å². The second-order valence-electron chi connectivity index (χ2n) is 6.05. The van der Waals surface area contributed by atoms with Gasteiger partial charge in [-0.25, -0.2) is 9.18 Å². The van der Waals surface area contributed by atoms with Gasteiger partial charge in [-0.15, -0.1) is 0 Å². The van der Waals surface area contributed by atoms with Gasteiger partial charge >= 0.3 is 5.97 Å². The molecule has 0 fully saturated rings. The zero-order valence-electron chi connectivity index (χ0n) is 14.7. The molecule has 0 saturated heterocycles. The van der Waals surface area contributed by atoms with E-state index in [0.717, 1.165) is 5.56 Å². The molecule has 1 aliphatic heterocycles. The highest BCUT2D eigenvalue weighted by atomic mass is 32.1. The second-order valence-corrected chi connectivity index (χ2v) is 6.44. The molecule has 0 aliphatic carbocycles. The van der Waals surface area contributed by atoms with Crippen LogP contribution in [0.5, 0.6) is 0 Å². The number of ether oxygens (including phenoxy) is 1. The van der Waals surface area contributed by atoms with Crippen LogP contribution in [0.3, 0.4) is 0 Å². The van der Waals surface area contributed by atoms with Gasteiger partial charge in [0.15, 0.2) is 5.11 Å². The predicted octanol–water partition coefficient (Wildman–Crippen LogP) is 4.02. The van der Waals surface area contributed by atoms with Crippen molar-refractivity contribution < 1.29 is 13.9 Å². The van der Waals surface area contributed by atoms with Crippen LogP contribution in [-0.4, -0.2) is 18.2 Å². The minimum Gasteiger partial charge on any atom is -0.466 e. The predicted molar refractivity (Wildman–Crippen MR) is 103 cm³/mol. The Morgan fingerprint density at radius 1 is 1.19 bits per heavy atom. The van der Waals surface area contributed by atoms with Gasteiger partial charge in [-0.1, -0.05) is 36.4 Å². The third kappa shape index (κ3) is 3.20. The van der Waals surface area contributed by atoms with Crippen molar-refractivity contribution in [2.24, 2.45) is 0 Å². The van der Waals surface area contributed by atoms with Crippen LogP contribution in [0, 0.1) is 12.7 Å². The van der Waals surface area contributed by atoms with Gasteiger partial charge in [-0.3, -0.25) is 4.90 Å². The van der Waals surface area contributed by atoms with Gasteiger partial charge in [0.25, 0.3) is 0 Å². The van der Waals surface area contributed by atoms with Crippen molar-refractivity contribution in [1.82, 2.24) is 5.32 Å². The molecule has 1 aliphatic rings. The molecule has 1 N–H and O–H groups in total. The van der Waals surface area contributed by atoms with Crippen molar-refractivity contribution >= 4 is 29.0 Å². The largest absolute Gasteiger partial charge is 0.466 e. The average molecular weight is 370 g/mol. The number of carbonyl (C=O) groups excluding carboxylic acids is 1. The van der Waals surface area contributed by atoms with E-state index in [4.69, 9.17) is 17.0 Å². The van der Waals surface area contributed by atoms with Gasteiger partial charge < -0.3 is 10.1 Å². The Balaban J connectivity index is 2.14. The highest BCUT2D eigenvalue weighted by Crippen LogP contribution is 2.34. The summed E-state index contributed by atoms with van der Waals surface area (Å²) in [6, 6.07) is 14.0. The maximum absolute atomic E-state index is 14.1. The number of allylic oxidation sites excluding steroid dienone is 1. The summed E-state index contributed by atoms with van der Waals surface area (Å²) in [5.74, 6) is -0.785. The van der Waals surface area contributed by atoms with Crippen molar-refractivity contribution in [2.45, 2.75) is 19.9 Å². The van der Waals surface area contributed by atoms with E-state index in [2.05, 4.69) is 5.32 Å². The highest BCUT2D eigenvalue weighted by Gasteiger charge is 2.35. The first-order valence-electron chi connectivity index (χ1n) is 8.15. The number of nitrogens with one attached hydrogen (secondary N) is 1. The molecule has 26 heavy (non-hydrogen) atoms. The zero-order chi connectivity index (χ0) is 18.8. The lowest BCUT2D eigenvalue weighted by molar-refractivity contribution is -0.136. The molecule has 4 nitrogen and oxygen atoms in total. The van der Waals surface area contributed by atoms with Crippen LogP contribution >= 0.6 is 12.2 Å². The molecule has 0 spiro atoms. The molecule has 1 atom stereocenters. The average Bonchev–Trinajstić information content (AvgIpc) is 2.64. The van der Waals surface area contributed by atoms with Gasteiger partial charge in [-0.05, 0) is 49.3 Å². The summed E-state index contributed by atoms with van der Waals surface area (Å²) in [4.78, 5) is 14.2. The Morgan fingerprint density at radius 2 is 1.88 bits per heavy atom. The summed E-state index contributed by atoms with van der Waals surface area (Å²) >= 11 is 5.52. The van der Waals surface area contributed by atoms with Crippen LogP contribution in [0.15, 0.2) is 59.8 Å². The number of nitrogens with zero attached hydrogens (tertiary/aromatic N) is 1. The van der Waals surface area contributed by atoms with Crippen molar-refractivity contribution in [2.75, 3.05) is 12.0 Å². The summed E-state index contributed by atoms with van der Waals surface area (Å²) in [5.41, 5.74) is 3.04. The fourth-order valence-electron chi connectivity index (χ4n) is 3.04. The van der Waals surface area contributed by atoms with Crippen LogP contribution in [0.4, 0.5) is 10.1 Å². The van der Waals surface area contributed by atoms with Crippen molar-refractivity contribution in [3.63, 3.8) is 0 Å². The molecule has 2 aromatic carbocycles. The smallest absolute Gasteiger partial charge is 0.337 e. The van der Waals surface area contributed by atoms with Crippen molar-refractivity contribution in [1.29, 1.82) is 0 Å². The molecule has 0 bridgehead atoms. The molecule has 0 amide bonds. The van der Waals surface area contributed by atoms with E-state index >= 15 is 0 Å². The molecule has 2 aromatic rings. The fourth-order valence-corrected chi connectivity index (χ4v) is 3.40. The molecular weight excluding hydrogens is 351 g/mol. The van der Waals surface area contributed by atoms with E-state index in [0.29, 0.717) is 27.6 Å². The number of benzene rings is 2. The molecule has 6 heteroatoms. The monoisotopic (exact) mass is 370 g/mol. The molecule has 0 radical (unpaired) electrons. The number of esters is 1. The van der Waals surface area contributed by atoms with Crippen molar-refractivity contribution in [3.8, 4) is 0 Å².